The number of likely N-dealkylation sites (tertiary alicyclic amines) is 1. The van der Waals surface area contributed by atoms with Gasteiger partial charge in [-0.3, -0.25) is 4.79 Å². The summed E-state index contributed by atoms with van der Waals surface area (Å²) in [6, 6.07) is 0. The van der Waals surface area contributed by atoms with Gasteiger partial charge in [-0.15, -0.1) is 0 Å². The Kier molecular flexibility index (Phi) is 5.30. The number of hydrogen-bond acceptors (Lipinski definition) is 5. The van der Waals surface area contributed by atoms with Gasteiger partial charge in [-0.25, -0.2) is 0 Å². The van der Waals surface area contributed by atoms with E-state index in [4.69, 9.17) is 9.26 Å². The van der Waals surface area contributed by atoms with E-state index < -0.39 is 0 Å². The second-order valence-corrected chi connectivity index (χ2v) is 7.08. The normalized spacial score (nSPS) is 23.4. The van der Waals surface area contributed by atoms with Crippen molar-refractivity contribution in [1.82, 2.24) is 15.0 Å². The molecule has 0 aromatic carbocycles. The van der Waals surface area contributed by atoms with E-state index in [0.717, 1.165) is 70.1 Å². The van der Waals surface area contributed by atoms with Gasteiger partial charge in [0, 0.05) is 44.6 Å². The average Bonchev–Trinajstić information content (AvgIpc) is 3.03. The van der Waals surface area contributed by atoms with E-state index >= 15 is 0 Å². The summed E-state index contributed by atoms with van der Waals surface area (Å²) in [5.74, 6) is 2.66. The van der Waals surface area contributed by atoms with Crippen LogP contribution in [0.1, 0.15) is 57.2 Å². The third kappa shape index (κ3) is 4.10. The molecule has 0 spiro atoms. The van der Waals surface area contributed by atoms with E-state index in [1.54, 1.807) is 0 Å². The predicted molar refractivity (Wildman–Crippen MR) is 84.9 cm³/mol. The van der Waals surface area contributed by atoms with Gasteiger partial charge in [0.2, 0.25) is 11.8 Å². The van der Waals surface area contributed by atoms with Crippen molar-refractivity contribution in [3.8, 4) is 0 Å². The van der Waals surface area contributed by atoms with Gasteiger partial charge in [-0.1, -0.05) is 19.0 Å². The zero-order valence-corrected chi connectivity index (χ0v) is 14.2. The molecule has 0 saturated carbocycles. The third-order valence-corrected chi connectivity index (χ3v) is 4.86. The van der Waals surface area contributed by atoms with Crippen LogP contribution < -0.4 is 0 Å². The fraction of sp³-hybridized carbons (Fsp3) is 0.824. The number of carbonyl (C=O) groups excluding carboxylic acids is 1. The summed E-state index contributed by atoms with van der Waals surface area (Å²) in [5, 5.41) is 4.17. The van der Waals surface area contributed by atoms with Crippen molar-refractivity contribution in [2.75, 3.05) is 26.3 Å². The zero-order chi connectivity index (χ0) is 16.2. The summed E-state index contributed by atoms with van der Waals surface area (Å²) in [5.41, 5.74) is 0. The Labute approximate surface area is 137 Å². The van der Waals surface area contributed by atoms with Gasteiger partial charge in [0.25, 0.3) is 0 Å². The molecule has 2 aliphatic heterocycles. The van der Waals surface area contributed by atoms with Crippen LogP contribution in [0.5, 0.6) is 0 Å². The Morgan fingerprint density at radius 1 is 1.30 bits per heavy atom. The van der Waals surface area contributed by atoms with E-state index in [9.17, 15) is 4.79 Å². The summed E-state index contributed by atoms with van der Waals surface area (Å²) in [4.78, 5) is 18.8. The molecule has 1 atom stereocenters. The summed E-state index contributed by atoms with van der Waals surface area (Å²) in [6.07, 6.45) is 4.90. The third-order valence-electron chi connectivity index (χ3n) is 4.86. The van der Waals surface area contributed by atoms with Crippen LogP contribution in [0.25, 0.3) is 0 Å². The van der Waals surface area contributed by atoms with Crippen molar-refractivity contribution in [3.63, 3.8) is 0 Å². The number of carbonyl (C=O) groups is 1. The van der Waals surface area contributed by atoms with Gasteiger partial charge in [0.1, 0.15) is 0 Å². The van der Waals surface area contributed by atoms with E-state index in [0.29, 0.717) is 11.8 Å². The van der Waals surface area contributed by atoms with E-state index in [2.05, 4.69) is 10.1 Å². The predicted octanol–water partition coefficient (Wildman–Crippen LogP) is 2.40. The molecule has 3 rings (SSSR count). The van der Waals surface area contributed by atoms with Gasteiger partial charge in [0.05, 0.1) is 0 Å². The lowest BCUT2D eigenvalue weighted by Crippen LogP contribution is -2.42. The van der Waals surface area contributed by atoms with Crippen LogP contribution in [0.3, 0.4) is 0 Å². The number of hydrogen-bond donors (Lipinski definition) is 0. The lowest BCUT2D eigenvalue weighted by Gasteiger charge is -2.33. The SMILES string of the molecule is CC(C)C(=O)N1CCCC(Cc2nc(C3CCOCC3)no2)C1. The first-order chi connectivity index (χ1) is 11.1. The molecule has 0 radical (unpaired) electrons. The molecule has 1 amide bonds. The molecule has 1 unspecified atom stereocenters. The fourth-order valence-corrected chi connectivity index (χ4v) is 3.52. The molecular formula is C17H27N3O3. The average molecular weight is 321 g/mol. The Morgan fingerprint density at radius 3 is 2.83 bits per heavy atom. The van der Waals surface area contributed by atoms with E-state index in [1.807, 2.05) is 18.7 Å². The summed E-state index contributed by atoms with van der Waals surface area (Å²) >= 11 is 0. The van der Waals surface area contributed by atoms with E-state index in [-0.39, 0.29) is 11.8 Å². The molecule has 0 bridgehead atoms. The minimum atomic E-state index is 0.0669. The summed E-state index contributed by atoms with van der Waals surface area (Å²) in [7, 11) is 0. The smallest absolute Gasteiger partial charge is 0.226 e. The Hall–Kier alpha value is -1.43. The van der Waals surface area contributed by atoms with Crippen LogP contribution in [-0.2, 0) is 16.0 Å². The highest BCUT2D eigenvalue weighted by Gasteiger charge is 2.27. The van der Waals surface area contributed by atoms with Crippen molar-refractivity contribution < 1.29 is 14.1 Å². The molecule has 23 heavy (non-hydrogen) atoms. The van der Waals surface area contributed by atoms with E-state index in [1.165, 1.54) is 0 Å². The van der Waals surface area contributed by atoms with Crippen molar-refractivity contribution >= 4 is 5.91 Å². The number of nitrogens with zero attached hydrogens (tertiary/aromatic N) is 3. The van der Waals surface area contributed by atoms with Crippen molar-refractivity contribution in [2.45, 2.75) is 51.9 Å². The molecule has 6 nitrogen and oxygen atoms in total. The molecule has 6 heteroatoms. The van der Waals surface area contributed by atoms with Crippen LogP contribution in [0.15, 0.2) is 4.52 Å². The lowest BCUT2D eigenvalue weighted by molar-refractivity contribution is -0.136. The fourth-order valence-electron chi connectivity index (χ4n) is 3.52. The standard InChI is InChI=1S/C17H27N3O3/c1-12(2)17(21)20-7-3-4-13(11-20)10-15-18-16(19-23-15)14-5-8-22-9-6-14/h12-14H,3-11H2,1-2H3. The molecule has 128 valence electrons. The Bertz CT molecular complexity index is 523. The molecule has 0 N–H and O–H groups in total. The Balaban J connectivity index is 1.56. The lowest BCUT2D eigenvalue weighted by atomic mass is 9.94. The van der Waals surface area contributed by atoms with Crippen LogP contribution >= 0.6 is 0 Å². The first-order valence-electron chi connectivity index (χ1n) is 8.82. The van der Waals surface area contributed by atoms with Crippen LogP contribution in [0, 0.1) is 11.8 Å². The van der Waals surface area contributed by atoms with Crippen LogP contribution in [0.2, 0.25) is 0 Å². The first-order valence-corrected chi connectivity index (χ1v) is 8.82. The van der Waals surface area contributed by atoms with Crippen LogP contribution in [0.4, 0.5) is 0 Å². The molecule has 3 heterocycles. The maximum atomic E-state index is 12.2. The second-order valence-electron chi connectivity index (χ2n) is 7.08. The number of piperidine rings is 1. The quantitative estimate of drug-likeness (QED) is 0.852. The zero-order valence-electron chi connectivity index (χ0n) is 14.2. The number of amides is 1. The van der Waals surface area contributed by atoms with Gasteiger partial charge < -0.3 is 14.2 Å². The van der Waals surface area contributed by atoms with Crippen molar-refractivity contribution in [2.24, 2.45) is 11.8 Å². The van der Waals surface area contributed by atoms with Gasteiger partial charge in [-0.05, 0) is 31.6 Å². The molecule has 1 aromatic heterocycles. The highest BCUT2D eigenvalue weighted by molar-refractivity contribution is 5.78. The monoisotopic (exact) mass is 321 g/mol. The van der Waals surface area contributed by atoms with Crippen molar-refractivity contribution in [1.29, 1.82) is 0 Å². The summed E-state index contributed by atoms with van der Waals surface area (Å²) in [6.45, 7) is 7.18. The molecule has 2 saturated heterocycles. The van der Waals surface area contributed by atoms with Crippen molar-refractivity contribution in [3.05, 3.63) is 11.7 Å². The van der Waals surface area contributed by atoms with Crippen LogP contribution in [-0.4, -0.2) is 47.3 Å². The minimum Gasteiger partial charge on any atom is -0.381 e. The molecule has 1 aromatic rings. The largest absolute Gasteiger partial charge is 0.381 e. The van der Waals surface area contributed by atoms with Gasteiger partial charge in [-0.2, -0.15) is 4.98 Å². The number of aromatic nitrogens is 2. The Morgan fingerprint density at radius 2 is 2.09 bits per heavy atom. The number of rotatable bonds is 4. The maximum absolute atomic E-state index is 12.2. The maximum Gasteiger partial charge on any atom is 0.226 e. The number of ether oxygens (including phenoxy) is 1. The highest BCUT2D eigenvalue weighted by atomic mass is 16.5. The first kappa shape index (κ1) is 16.4. The topological polar surface area (TPSA) is 68.5 Å². The van der Waals surface area contributed by atoms with Gasteiger partial charge >= 0.3 is 0 Å². The highest BCUT2D eigenvalue weighted by Crippen LogP contribution is 2.26. The summed E-state index contributed by atoms with van der Waals surface area (Å²) < 4.78 is 10.8. The second kappa shape index (κ2) is 7.43. The van der Waals surface area contributed by atoms with Gasteiger partial charge in [0.15, 0.2) is 5.82 Å². The molecular weight excluding hydrogens is 294 g/mol. The minimum absolute atomic E-state index is 0.0669. The molecule has 2 fully saturated rings. The molecule has 0 aliphatic carbocycles. The molecule has 2 aliphatic rings.